The summed E-state index contributed by atoms with van der Waals surface area (Å²) >= 11 is 2.05. The molecule has 1 aromatic rings. The van der Waals surface area contributed by atoms with E-state index < -0.39 is 26.4 Å². The van der Waals surface area contributed by atoms with Gasteiger partial charge in [0.2, 0.25) is 0 Å². The van der Waals surface area contributed by atoms with Crippen molar-refractivity contribution in [2.75, 3.05) is 31.3 Å². The Morgan fingerprint density at radius 1 is 0.973 bits per heavy atom. The fraction of sp³-hybridized carbons (Fsp3) is 0.750. The van der Waals surface area contributed by atoms with Gasteiger partial charge >= 0.3 is 19.8 Å². The minimum atomic E-state index is -2.32. The van der Waals surface area contributed by atoms with Crippen molar-refractivity contribution in [3.8, 4) is 5.75 Å². The third kappa shape index (κ3) is 17.1. The van der Waals surface area contributed by atoms with Crippen LogP contribution in [0.4, 0.5) is 0 Å². The molecular weight excluding hydrogens is 511 g/mol. The highest BCUT2D eigenvalue weighted by molar-refractivity contribution is 7.99. The molecule has 0 aliphatic rings. The molecule has 0 fully saturated rings. The van der Waals surface area contributed by atoms with E-state index in [9.17, 15) is 14.5 Å². The number of hydrogen-bond donors (Lipinski definition) is 2. The molecule has 7 nitrogen and oxygen atoms in total. The maximum Gasteiger partial charge on any atom is 0.390 e. The number of para-hydroxylation sites is 1. The number of carboxylic acids is 1. The molecule has 2 N–H and O–H groups in total. The first kappa shape index (κ1) is 33.8. The van der Waals surface area contributed by atoms with Crippen LogP contribution in [0, 0.1) is 0 Å². The molecule has 0 aliphatic heterocycles. The van der Waals surface area contributed by atoms with Gasteiger partial charge in [0.15, 0.2) is 0 Å². The number of aliphatic hydroxyl groups is 1. The second-order valence-corrected chi connectivity index (χ2v) is 11.8. The first-order valence-corrected chi connectivity index (χ1v) is 15.8. The lowest BCUT2D eigenvalue weighted by atomic mass is 10.1. The summed E-state index contributed by atoms with van der Waals surface area (Å²) in [6, 6.07) is 10.1. The summed E-state index contributed by atoms with van der Waals surface area (Å²) in [4.78, 5) is 10.8. The molecule has 1 aromatic carbocycles. The third-order valence-electron chi connectivity index (χ3n) is 6.06. The van der Waals surface area contributed by atoms with Crippen molar-refractivity contribution in [3.05, 3.63) is 30.3 Å². The summed E-state index contributed by atoms with van der Waals surface area (Å²) in [7, 11) is -1.37. The van der Waals surface area contributed by atoms with E-state index in [0.717, 1.165) is 43.6 Å². The van der Waals surface area contributed by atoms with Crippen molar-refractivity contribution in [2.24, 2.45) is 0 Å². The van der Waals surface area contributed by atoms with Crippen molar-refractivity contribution < 1.29 is 33.8 Å². The fourth-order valence-corrected chi connectivity index (χ4v) is 5.11. The van der Waals surface area contributed by atoms with Gasteiger partial charge in [-0.25, -0.2) is 4.79 Å². The summed E-state index contributed by atoms with van der Waals surface area (Å²) in [5, 5.41) is 16.1. The van der Waals surface area contributed by atoms with Crippen LogP contribution in [0.5, 0.6) is 5.75 Å². The Kier molecular flexibility index (Phi) is 19.9. The van der Waals surface area contributed by atoms with E-state index in [4.69, 9.17) is 19.3 Å². The van der Waals surface area contributed by atoms with E-state index in [2.05, 4.69) is 13.8 Å². The highest BCUT2D eigenvalue weighted by Gasteiger charge is 2.46. The highest BCUT2D eigenvalue weighted by atomic mass is 32.2. The molecule has 0 aromatic heterocycles. The molecule has 0 saturated carbocycles. The SMILES string of the molecule is CCCC(CCSCCCCCCCCC(C)OCCCOCC(O)([PH+]=O)C(=O)O)Oc1ccccc1. The minimum Gasteiger partial charge on any atom is -0.490 e. The number of rotatable bonds is 25. The Morgan fingerprint density at radius 2 is 1.68 bits per heavy atom. The van der Waals surface area contributed by atoms with Crippen LogP contribution in [0.1, 0.15) is 84.5 Å². The maximum atomic E-state index is 10.8. The quantitative estimate of drug-likeness (QED) is 0.101. The number of unbranched alkanes of at least 4 members (excludes halogenated alkanes) is 5. The van der Waals surface area contributed by atoms with Gasteiger partial charge in [0.05, 0.1) is 12.2 Å². The second kappa shape index (κ2) is 21.7. The highest BCUT2D eigenvalue weighted by Crippen LogP contribution is 2.21. The molecule has 0 radical (unpaired) electrons. The van der Waals surface area contributed by atoms with Gasteiger partial charge < -0.3 is 24.4 Å². The number of carbonyl (C=O) groups is 1. The largest absolute Gasteiger partial charge is 0.490 e. The molecule has 0 saturated heterocycles. The molecule has 37 heavy (non-hydrogen) atoms. The second-order valence-electron chi connectivity index (χ2n) is 9.51. The van der Waals surface area contributed by atoms with E-state index in [-0.39, 0.29) is 12.7 Å². The van der Waals surface area contributed by atoms with Crippen LogP contribution in [0.3, 0.4) is 0 Å². The zero-order valence-electron chi connectivity index (χ0n) is 22.7. The van der Waals surface area contributed by atoms with Gasteiger partial charge in [0.1, 0.15) is 12.4 Å². The first-order valence-electron chi connectivity index (χ1n) is 13.7. The average Bonchev–Trinajstić information content (AvgIpc) is 2.89. The Bertz CT molecular complexity index is 709. The van der Waals surface area contributed by atoms with Crippen LogP contribution in [-0.4, -0.2) is 65.1 Å². The Hall–Kier alpha value is -1.18. The lowest BCUT2D eigenvalue weighted by Crippen LogP contribution is -2.37. The van der Waals surface area contributed by atoms with Crippen molar-refractivity contribution in [1.29, 1.82) is 0 Å². The average molecular weight is 560 g/mol. The van der Waals surface area contributed by atoms with Gasteiger partial charge in [-0.05, 0) is 62.7 Å². The van der Waals surface area contributed by atoms with Crippen LogP contribution in [0.2, 0.25) is 0 Å². The smallest absolute Gasteiger partial charge is 0.390 e. The zero-order valence-corrected chi connectivity index (χ0v) is 24.5. The van der Waals surface area contributed by atoms with Crippen LogP contribution in [0.25, 0.3) is 0 Å². The summed E-state index contributed by atoms with van der Waals surface area (Å²) < 4.78 is 27.9. The fourth-order valence-electron chi connectivity index (χ4n) is 3.82. The lowest BCUT2D eigenvalue weighted by Gasteiger charge is -2.18. The molecule has 0 spiro atoms. The monoisotopic (exact) mass is 559 g/mol. The predicted molar refractivity (Wildman–Crippen MR) is 152 cm³/mol. The lowest BCUT2D eigenvalue weighted by molar-refractivity contribution is -0.154. The Morgan fingerprint density at radius 3 is 2.35 bits per heavy atom. The number of carboxylic acid groups (broad SMARTS) is 1. The summed E-state index contributed by atoms with van der Waals surface area (Å²) in [5.41, 5.74) is 0. The van der Waals surface area contributed by atoms with E-state index in [1.807, 2.05) is 42.1 Å². The predicted octanol–water partition coefficient (Wildman–Crippen LogP) is 6.70. The Labute approximate surface area is 229 Å². The van der Waals surface area contributed by atoms with Crippen LogP contribution >= 0.6 is 20.2 Å². The molecule has 4 unspecified atom stereocenters. The van der Waals surface area contributed by atoms with Gasteiger partial charge in [-0.2, -0.15) is 11.8 Å². The topological polar surface area (TPSA) is 102 Å². The molecule has 0 bridgehead atoms. The zero-order chi connectivity index (χ0) is 27.2. The van der Waals surface area contributed by atoms with Gasteiger partial charge in [-0.1, -0.05) is 68.2 Å². The van der Waals surface area contributed by atoms with Crippen molar-refractivity contribution in [2.45, 2.75) is 102 Å². The molecule has 0 heterocycles. The minimum absolute atomic E-state index is 0.179. The van der Waals surface area contributed by atoms with E-state index in [1.165, 1.54) is 37.9 Å². The summed E-state index contributed by atoms with van der Waals surface area (Å²) in [6.07, 6.45) is 13.0. The number of aliphatic carboxylic acids is 1. The van der Waals surface area contributed by atoms with E-state index in [1.54, 1.807) is 0 Å². The molecule has 9 heteroatoms. The maximum absolute atomic E-state index is 10.8. The third-order valence-corrected chi connectivity index (χ3v) is 7.86. The van der Waals surface area contributed by atoms with Gasteiger partial charge in [-0.15, -0.1) is 0 Å². The van der Waals surface area contributed by atoms with Crippen molar-refractivity contribution in [1.82, 2.24) is 0 Å². The molecule has 0 aliphatic carbocycles. The number of thioether (sulfide) groups is 1. The molecule has 4 atom stereocenters. The number of benzene rings is 1. The standard InChI is InChI=1S/C28H47O7PS/c1-3-14-25(35-26-16-10-8-11-17-26)18-22-37-21-12-7-5-4-6-9-15-24(2)34-20-13-19-33-23-28(31,36-32)27(29)30/h8,10-11,16-17,24-25,31H,3-7,9,12-15,18-23H2,1-2H3,(H,29,30)/p+1. The van der Waals surface area contributed by atoms with E-state index >= 15 is 0 Å². The Balaban J connectivity index is 1.91. The van der Waals surface area contributed by atoms with Crippen LogP contribution in [0.15, 0.2) is 30.3 Å². The van der Waals surface area contributed by atoms with Crippen LogP contribution in [-0.2, 0) is 18.8 Å². The van der Waals surface area contributed by atoms with Crippen molar-refractivity contribution >= 4 is 26.2 Å². The summed E-state index contributed by atoms with van der Waals surface area (Å²) in [5.74, 6) is 1.83. The van der Waals surface area contributed by atoms with Gasteiger partial charge in [0, 0.05) is 13.2 Å². The molecule has 212 valence electrons. The molecular formula is C28H48O7PS+. The van der Waals surface area contributed by atoms with E-state index in [0.29, 0.717) is 19.1 Å². The summed E-state index contributed by atoms with van der Waals surface area (Å²) in [6.45, 7) is 4.57. The van der Waals surface area contributed by atoms with Crippen LogP contribution < -0.4 is 4.74 Å². The molecule has 1 rings (SSSR count). The first-order chi connectivity index (χ1) is 17.9. The number of hydrogen-bond acceptors (Lipinski definition) is 7. The van der Waals surface area contributed by atoms with Gasteiger partial charge in [0.25, 0.3) is 0 Å². The normalized spacial score (nSPS) is 14.8. The van der Waals surface area contributed by atoms with Gasteiger partial charge in [-0.3, -0.25) is 0 Å². The number of ether oxygens (including phenoxy) is 3. The molecule has 0 amide bonds. The van der Waals surface area contributed by atoms with Crippen molar-refractivity contribution in [3.63, 3.8) is 0 Å².